The van der Waals surface area contributed by atoms with Gasteiger partial charge in [0.2, 0.25) is 5.91 Å². The number of aromatic nitrogens is 2. The number of anilines is 1. The van der Waals surface area contributed by atoms with Crippen LogP contribution >= 0.6 is 0 Å². The number of hydrogen-bond acceptors (Lipinski definition) is 6. The van der Waals surface area contributed by atoms with Crippen LogP contribution in [0.3, 0.4) is 0 Å². The fourth-order valence-corrected chi connectivity index (χ4v) is 5.13. The minimum atomic E-state index is -0.658. The van der Waals surface area contributed by atoms with Gasteiger partial charge in [-0.1, -0.05) is 0 Å². The van der Waals surface area contributed by atoms with E-state index >= 15 is 0 Å². The number of carbonyl (C=O) groups is 1. The fraction of sp³-hybridized carbons (Fsp3) is 0.409. The van der Waals surface area contributed by atoms with Crippen LogP contribution < -0.4 is 4.90 Å². The average molecular weight is 422 g/mol. The number of fused-ring (bicyclic) bond motifs is 1. The SMILES string of the molecule is N#Cc1cc(N2C[C@H]3C[C@H](C(=O)N4N=CC[C@H]4c4cc(F)cc(F)c4)C[C@H]3C2)ncn1. The highest BCUT2D eigenvalue weighted by Gasteiger charge is 2.46. The first-order valence-corrected chi connectivity index (χ1v) is 10.3. The summed E-state index contributed by atoms with van der Waals surface area (Å²) in [6.45, 7) is 1.55. The summed E-state index contributed by atoms with van der Waals surface area (Å²) >= 11 is 0. The third kappa shape index (κ3) is 3.63. The second-order valence-corrected chi connectivity index (χ2v) is 8.40. The van der Waals surface area contributed by atoms with Crippen LogP contribution in [0.2, 0.25) is 0 Å². The molecule has 0 unspecified atom stereocenters. The molecule has 0 N–H and O–H groups in total. The predicted molar refractivity (Wildman–Crippen MR) is 108 cm³/mol. The van der Waals surface area contributed by atoms with Crippen molar-refractivity contribution in [2.24, 2.45) is 22.9 Å². The zero-order chi connectivity index (χ0) is 21.5. The number of carbonyl (C=O) groups excluding carboxylic acids is 1. The summed E-state index contributed by atoms with van der Waals surface area (Å²) in [5.41, 5.74) is 0.756. The maximum absolute atomic E-state index is 13.7. The van der Waals surface area contributed by atoms with Crippen molar-refractivity contribution in [1.82, 2.24) is 15.0 Å². The molecule has 1 aliphatic carbocycles. The Labute approximate surface area is 178 Å². The maximum atomic E-state index is 13.7. The van der Waals surface area contributed by atoms with Crippen molar-refractivity contribution in [1.29, 1.82) is 5.26 Å². The third-order valence-electron chi connectivity index (χ3n) is 6.52. The topological polar surface area (TPSA) is 85.5 Å². The number of nitriles is 1. The minimum absolute atomic E-state index is 0.0850. The Morgan fingerprint density at radius 2 is 1.77 bits per heavy atom. The number of benzene rings is 1. The summed E-state index contributed by atoms with van der Waals surface area (Å²) in [6.07, 6.45) is 4.95. The molecule has 2 fully saturated rings. The molecular formula is C22H20F2N6O. The first kappa shape index (κ1) is 19.5. The Hall–Kier alpha value is -3.41. The number of hydrogen-bond donors (Lipinski definition) is 0. The Kier molecular flexibility index (Phi) is 4.85. The van der Waals surface area contributed by atoms with E-state index in [-0.39, 0.29) is 11.8 Å². The number of rotatable bonds is 3. The fourth-order valence-electron chi connectivity index (χ4n) is 5.13. The van der Waals surface area contributed by atoms with Gasteiger partial charge in [0, 0.05) is 43.8 Å². The molecule has 4 atom stereocenters. The predicted octanol–water partition coefficient (Wildman–Crippen LogP) is 3.05. The second kappa shape index (κ2) is 7.69. The van der Waals surface area contributed by atoms with E-state index in [9.17, 15) is 13.6 Å². The highest BCUT2D eigenvalue weighted by Crippen LogP contribution is 2.44. The van der Waals surface area contributed by atoms with Crippen LogP contribution in [0.15, 0.2) is 35.7 Å². The van der Waals surface area contributed by atoms with Gasteiger partial charge in [0.1, 0.15) is 35.5 Å². The smallest absolute Gasteiger partial charge is 0.246 e. The van der Waals surface area contributed by atoms with Crippen molar-refractivity contribution in [3.63, 3.8) is 0 Å². The molecule has 1 amide bonds. The summed E-state index contributed by atoms with van der Waals surface area (Å²) in [7, 11) is 0. The molecule has 2 aliphatic heterocycles. The lowest BCUT2D eigenvalue weighted by molar-refractivity contribution is -0.137. The normalized spacial score (nSPS) is 26.9. The van der Waals surface area contributed by atoms with Crippen LogP contribution in [0.4, 0.5) is 14.6 Å². The zero-order valence-electron chi connectivity index (χ0n) is 16.7. The summed E-state index contributed by atoms with van der Waals surface area (Å²) in [5.74, 6) is -0.118. The molecule has 1 saturated heterocycles. The van der Waals surface area contributed by atoms with E-state index < -0.39 is 17.7 Å². The Morgan fingerprint density at radius 3 is 2.45 bits per heavy atom. The lowest BCUT2D eigenvalue weighted by atomic mass is 10.0. The van der Waals surface area contributed by atoms with Crippen LogP contribution in [0.25, 0.3) is 0 Å². The minimum Gasteiger partial charge on any atom is -0.356 e. The third-order valence-corrected chi connectivity index (χ3v) is 6.52. The van der Waals surface area contributed by atoms with E-state index in [1.54, 1.807) is 12.3 Å². The summed E-state index contributed by atoms with van der Waals surface area (Å²) in [6, 6.07) is 6.60. The summed E-state index contributed by atoms with van der Waals surface area (Å²) < 4.78 is 27.4. The molecule has 3 aliphatic rings. The molecule has 31 heavy (non-hydrogen) atoms. The van der Waals surface area contributed by atoms with Gasteiger partial charge in [-0.3, -0.25) is 4.79 Å². The number of halogens is 2. The number of amides is 1. The molecule has 0 bridgehead atoms. The Morgan fingerprint density at radius 1 is 1.06 bits per heavy atom. The maximum Gasteiger partial charge on any atom is 0.246 e. The van der Waals surface area contributed by atoms with Crippen LogP contribution in [-0.4, -0.2) is 40.2 Å². The van der Waals surface area contributed by atoms with Crippen LogP contribution in [0, 0.1) is 40.7 Å². The van der Waals surface area contributed by atoms with Crippen molar-refractivity contribution in [2.45, 2.75) is 25.3 Å². The molecule has 5 rings (SSSR count). The molecule has 2 aromatic rings. The van der Waals surface area contributed by atoms with E-state index in [0.717, 1.165) is 37.8 Å². The Balaban J connectivity index is 1.26. The molecule has 1 aromatic carbocycles. The zero-order valence-corrected chi connectivity index (χ0v) is 16.7. The van der Waals surface area contributed by atoms with Crippen LogP contribution in [0.1, 0.15) is 36.6 Å². The first-order valence-electron chi connectivity index (χ1n) is 10.3. The van der Waals surface area contributed by atoms with E-state index in [1.807, 2.05) is 6.07 Å². The monoisotopic (exact) mass is 422 g/mol. The molecule has 1 aromatic heterocycles. The molecule has 1 saturated carbocycles. The molecule has 7 nitrogen and oxygen atoms in total. The van der Waals surface area contributed by atoms with Gasteiger partial charge in [-0.15, -0.1) is 0 Å². The van der Waals surface area contributed by atoms with Crippen molar-refractivity contribution in [3.8, 4) is 6.07 Å². The molecule has 0 spiro atoms. The first-order chi connectivity index (χ1) is 15.0. The van der Waals surface area contributed by atoms with Gasteiger partial charge < -0.3 is 4.90 Å². The van der Waals surface area contributed by atoms with Crippen LogP contribution in [0.5, 0.6) is 0 Å². The lowest BCUT2D eigenvalue weighted by Crippen LogP contribution is -2.33. The van der Waals surface area contributed by atoms with Gasteiger partial charge in [0.05, 0.1) is 6.04 Å². The highest BCUT2D eigenvalue weighted by molar-refractivity contribution is 5.82. The quantitative estimate of drug-likeness (QED) is 0.759. The molecule has 3 heterocycles. The van der Waals surface area contributed by atoms with E-state index in [0.29, 0.717) is 29.5 Å². The van der Waals surface area contributed by atoms with Gasteiger partial charge in [-0.2, -0.15) is 10.4 Å². The van der Waals surface area contributed by atoms with Crippen molar-refractivity contribution >= 4 is 17.9 Å². The van der Waals surface area contributed by atoms with Gasteiger partial charge in [0.25, 0.3) is 0 Å². The molecule has 9 heteroatoms. The van der Waals surface area contributed by atoms with Gasteiger partial charge in [0.15, 0.2) is 0 Å². The van der Waals surface area contributed by atoms with E-state index in [4.69, 9.17) is 5.26 Å². The molecule has 0 radical (unpaired) electrons. The average Bonchev–Trinajstić information content (AvgIpc) is 3.47. The van der Waals surface area contributed by atoms with Crippen molar-refractivity contribution < 1.29 is 13.6 Å². The standard InChI is InChI=1S/C22H20F2N6O/c23-17-5-13(6-18(24)7-17)20-1-2-28-30(20)22(31)14-3-15-10-29(11-16(15)4-14)21-8-19(9-25)26-12-27-21/h2,5-8,12,14-16,20H,1,3-4,10-11H2/t14-,15+,16-,20-/m0/s1. The number of nitrogens with zero attached hydrogens (tertiary/aromatic N) is 6. The molecular weight excluding hydrogens is 402 g/mol. The summed E-state index contributed by atoms with van der Waals surface area (Å²) in [4.78, 5) is 23.6. The lowest BCUT2D eigenvalue weighted by Gasteiger charge is -2.26. The largest absolute Gasteiger partial charge is 0.356 e. The highest BCUT2D eigenvalue weighted by atomic mass is 19.1. The van der Waals surface area contributed by atoms with Crippen molar-refractivity contribution in [3.05, 3.63) is 53.5 Å². The van der Waals surface area contributed by atoms with E-state index in [1.165, 1.54) is 23.5 Å². The number of hydrazone groups is 1. The van der Waals surface area contributed by atoms with Crippen LogP contribution in [-0.2, 0) is 4.79 Å². The second-order valence-electron chi connectivity index (χ2n) is 8.40. The van der Waals surface area contributed by atoms with E-state index in [2.05, 4.69) is 20.0 Å². The van der Waals surface area contributed by atoms with Gasteiger partial charge in [-0.05, 0) is 42.4 Å². The summed E-state index contributed by atoms with van der Waals surface area (Å²) in [5, 5.41) is 14.7. The van der Waals surface area contributed by atoms with Gasteiger partial charge in [-0.25, -0.2) is 23.8 Å². The molecule has 158 valence electrons. The Bertz CT molecular complexity index is 1070. The van der Waals surface area contributed by atoms with Gasteiger partial charge >= 0.3 is 0 Å². The van der Waals surface area contributed by atoms with Crippen molar-refractivity contribution in [2.75, 3.05) is 18.0 Å².